The second kappa shape index (κ2) is 3.19. The molecule has 0 unspecified atom stereocenters. The summed E-state index contributed by atoms with van der Waals surface area (Å²) in [7, 11) is 0. The summed E-state index contributed by atoms with van der Waals surface area (Å²) >= 11 is 0. The highest BCUT2D eigenvalue weighted by atomic mass is 16.3. The lowest BCUT2D eigenvalue weighted by atomic mass is 10.0. The summed E-state index contributed by atoms with van der Waals surface area (Å²) < 4.78 is 0. The predicted molar refractivity (Wildman–Crippen MR) is 54.3 cm³/mol. The van der Waals surface area contributed by atoms with Crippen LogP contribution < -0.4 is 0 Å². The van der Waals surface area contributed by atoms with Gasteiger partial charge in [-0.15, -0.1) is 0 Å². The number of fused-ring (bicyclic) bond motifs is 1. The van der Waals surface area contributed by atoms with Gasteiger partial charge in [0.1, 0.15) is 0 Å². The fourth-order valence-electron chi connectivity index (χ4n) is 1.58. The Kier molecular flexibility index (Phi) is 2.03. The third kappa shape index (κ3) is 1.31. The van der Waals surface area contributed by atoms with Crippen LogP contribution in [0.4, 0.5) is 0 Å². The van der Waals surface area contributed by atoms with E-state index in [1.165, 1.54) is 0 Å². The van der Waals surface area contributed by atoms with Gasteiger partial charge in [-0.1, -0.05) is 36.4 Å². The van der Waals surface area contributed by atoms with E-state index in [1.807, 2.05) is 36.4 Å². The number of benzene rings is 2. The van der Waals surface area contributed by atoms with E-state index in [-0.39, 0.29) is 6.61 Å². The first kappa shape index (κ1) is 8.27. The SMILES string of the molecule is [CH2]c1cccc2c(CO)cccc12. The van der Waals surface area contributed by atoms with E-state index in [1.54, 1.807) is 0 Å². The third-order valence-electron chi connectivity index (χ3n) is 2.27. The molecule has 1 N–H and O–H groups in total. The molecule has 13 heavy (non-hydrogen) atoms. The summed E-state index contributed by atoms with van der Waals surface area (Å²) in [5.41, 5.74) is 1.97. The molecule has 0 fully saturated rings. The molecule has 1 radical (unpaired) electrons. The van der Waals surface area contributed by atoms with Crippen LogP contribution in [0, 0.1) is 6.92 Å². The molecule has 0 amide bonds. The van der Waals surface area contributed by atoms with Crippen LogP contribution in [-0.2, 0) is 6.61 Å². The number of aliphatic hydroxyl groups excluding tert-OH is 1. The first-order valence-electron chi connectivity index (χ1n) is 4.26. The van der Waals surface area contributed by atoms with Gasteiger partial charge in [-0.05, 0) is 28.8 Å². The molecule has 1 heteroatoms. The lowest BCUT2D eigenvalue weighted by Gasteiger charge is -2.05. The maximum atomic E-state index is 9.11. The van der Waals surface area contributed by atoms with E-state index in [0.29, 0.717) is 0 Å². The van der Waals surface area contributed by atoms with Crippen LogP contribution in [0.3, 0.4) is 0 Å². The van der Waals surface area contributed by atoms with Crippen molar-refractivity contribution in [1.29, 1.82) is 0 Å². The van der Waals surface area contributed by atoms with Gasteiger partial charge in [0.25, 0.3) is 0 Å². The maximum Gasteiger partial charge on any atom is 0.0687 e. The second-order valence-electron chi connectivity index (χ2n) is 3.09. The van der Waals surface area contributed by atoms with Gasteiger partial charge < -0.3 is 5.11 Å². The maximum absolute atomic E-state index is 9.11. The number of rotatable bonds is 1. The fourth-order valence-corrected chi connectivity index (χ4v) is 1.58. The van der Waals surface area contributed by atoms with Crippen molar-refractivity contribution >= 4 is 10.8 Å². The molecule has 2 aromatic carbocycles. The van der Waals surface area contributed by atoms with Gasteiger partial charge in [0.15, 0.2) is 0 Å². The normalized spacial score (nSPS) is 10.6. The molecule has 1 nitrogen and oxygen atoms in total. The fraction of sp³-hybridized carbons (Fsp3) is 0.0833. The van der Waals surface area contributed by atoms with Gasteiger partial charge in [-0.25, -0.2) is 0 Å². The number of hydrogen-bond acceptors (Lipinski definition) is 1. The molecular formula is C12H11O. The molecule has 0 aliphatic rings. The highest BCUT2D eigenvalue weighted by Gasteiger charge is 2.00. The molecule has 2 rings (SSSR count). The van der Waals surface area contributed by atoms with Crippen LogP contribution >= 0.6 is 0 Å². The Morgan fingerprint density at radius 2 is 1.69 bits per heavy atom. The first-order valence-corrected chi connectivity index (χ1v) is 4.26. The van der Waals surface area contributed by atoms with Crippen molar-refractivity contribution in [2.75, 3.05) is 0 Å². The van der Waals surface area contributed by atoms with Crippen LogP contribution in [0.15, 0.2) is 36.4 Å². The Bertz CT molecular complexity index is 432. The molecule has 0 saturated carbocycles. The summed E-state index contributed by atoms with van der Waals surface area (Å²) in [5, 5.41) is 11.3. The van der Waals surface area contributed by atoms with Crippen molar-refractivity contribution in [3.05, 3.63) is 54.4 Å². The third-order valence-corrected chi connectivity index (χ3v) is 2.27. The van der Waals surface area contributed by atoms with Crippen molar-refractivity contribution in [3.8, 4) is 0 Å². The largest absolute Gasteiger partial charge is 0.392 e. The zero-order chi connectivity index (χ0) is 9.26. The van der Waals surface area contributed by atoms with E-state index in [2.05, 4.69) is 6.92 Å². The molecule has 0 aromatic heterocycles. The summed E-state index contributed by atoms with van der Waals surface area (Å²) in [6.45, 7) is 4.03. The van der Waals surface area contributed by atoms with E-state index in [4.69, 9.17) is 5.11 Å². The molecule has 2 aromatic rings. The van der Waals surface area contributed by atoms with Crippen molar-refractivity contribution in [1.82, 2.24) is 0 Å². The van der Waals surface area contributed by atoms with Gasteiger partial charge in [-0.2, -0.15) is 0 Å². The van der Waals surface area contributed by atoms with Gasteiger partial charge in [0.2, 0.25) is 0 Å². The van der Waals surface area contributed by atoms with Crippen LogP contribution in [0.2, 0.25) is 0 Å². The molecule has 0 saturated heterocycles. The molecule has 0 spiro atoms. The smallest absolute Gasteiger partial charge is 0.0687 e. The van der Waals surface area contributed by atoms with Gasteiger partial charge in [0.05, 0.1) is 6.61 Å². The van der Waals surface area contributed by atoms with Gasteiger partial charge in [-0.3, -0.25) is 0 Å². The minimum atomic E-state index is 0.0841. The van der Waals surface area contributed by atoms with Crippen LogP contribution in [-0.4, -0.2) is 5.11 Å². The standard InChI is InChI=1S/C12H11O/c1-9-4-2-7-12-10(8-13)5-3-6-11(9)12/h2-7,13H,1,8H2. The van der Waals surface area contributed by atoms with Crippen LogP contribution in [0.5, 0.6) is 0 Å². The van der Waals surface area contributed by atoms with E-state index >= 15 is 0 Å². The minimum Gasteiger partial charge on any atom is -0.392 e. The zero-order valence-electron chi connectivity index (χ0n) is 7.33. The van der Waals surface area contributed by atoms with Crippen molar-refractivity contribution in [2.24, 2.45) is 0 Å². The lowest BCUT2D eigenvalue weighted by molar-refractivity contribution is 0.283. The molecule has 0 bridgehead atoms. The number of aliphatic hydroxyl groups is 1. The zero-order valence-corrected chi connectivity index (χ0v) is 7.33. The number of hydrogen-bond donors (Lipinski definition) is 1. The van der Waals surface area contributed by atoms with Crippen molar-refractivity contribution < 1.29 is 5.11 Å². The van der Waals surface area contributed by atoms with E-state index in [9.17, 15) is 0 Å². The molecule has 0 atom stereocenters. The van der Waals surface area contributed by atoms with Crippen molar-refractivity contribution in [3.63, 3.8) is 0 Å². The van der Waals surface area contributed by atoms with Crippen LogP contribution in [0.25, 0.3) is 10.8 Å². The average Bonchev–Trinajstić information content (AvgIpc) is 2.18. The molecule has 0 aliphatic heterocycles. The minimum absolute atomic E-state index is 0.0841. The average molecular weight is 171 g/mol. The Morgan fingerprint density at radius 3 is 2.46 bits per heavy atom. The molecule has 65 valence electrons. The molecular weight excluding hydrogens is 160 g/mol. The summed E-state index contributed by atoms with van der Waals surface area (Å²) in [6.07, 6.45) is 0. The van der Waals surface area contributed by atoms with Gasteiger partial charge >= 0.3 is 0 Å². The summed E-state index contributed by atoms with van der Waals surface area (Å²) in [5.74, 6) is 0. The van der Waals surface area contributed by atoms with E-state index < -0.39 is 0 Å². The van der Waals surface area contributed by atoms with E-state index in [0.717, 1.165) is 21.9 Å². The lowest BCUT2D eigenvalue weighted by Crippen LogP contribution is -1.86. The van der Waals surface area contributed by atoms with Gasteiger partial charge in [0, 0.05) is 0 Å². The summed E-state index contributed by atoms with van der Waals surface area (Å²) in [6, 6.07) is 11.9. The van der Waals surface area contributed by atoms with Crippen molar-refractivity contribution in [2.45, 2.75) is 6.61 Å². The Morgan fingerprint density at radius 1 is 1.00 bits per heavy atom. The monoisotopic (exact) mass is 171 g/mol. The topological polar surface area (TPSA) is 20.2 Å². The Hall–Kier alpha value is -1.34. The molecule has 0 aliphatic carbocycles. The highest BCUT2D eigenvalue weighted by Crippen LogP contribution is 2.21. The quantitative estimate of drug-likeness (QED) is 0.699. The summed E-state index contributed by atoms with van der Waals surface area (Å²) in [4.78, 5) is 0. The predicted octanol–water partition coefficient (Wildman–Crippen LogP) is 2.51. The first-order chi connectivity index (χ1) is 6.33. The van der Waals surface area contributed by atoms with Crippen LogP contribution in [0.1, 0.15) is 11.1 Å². The molecule has 0 heterocycles. The second-order valence-corrected chi connectivity index (χ2v) is 3.09. The highest BCUT2D eigenvalue weighted by molar-refractivity contribution is 5.89. The Balaban J connectivity index is 2.84. The Labute approximate surface area is 77.6 Å².